The van der Waals surface area contributed by atoms with Crippen LogP contribution in [0.25, 0.3) is 0 Å². The highest BCUT2D eigenvalue weighted by Gasteiger charge is 2.26. The van der Waals surface area contributed by atoms with Gasteiger partial charge in [-0.05, 0) is 31.7 Å². The van der Waals surface area contributed by atoms with Crippen molar-refractivity contribution in [2.75, 3.05) is 7.05 Å². The average molecular weight is 151 g/mol. The van der Waals surface area contributed by atoms with Crippen molar-refractivity contribution < 1.29 is 0 Å². The highest BCUT2D eigenvalue weighted by molar-refractivity contribution is 5.03. The molecule has 1 aliphatic rings. The number of rotatable bonds is 2. The van der Waals surface area contributed by atoms with Gasteiger partial charge in [-0.25, -0.2) is 0 Å². The molecule has 1 saturated carbocycles. The summed E-state index contributed by atoms with van der Waals surface area (Å²) in [5.74, 6) is 4.40. The molecule has 0 aliphatic heterocycles. The minimum Gasteiger partial charge on any atom is -0.307 e. The molecule has 1 rings (SSSR count). The minimum atomic E-state index is 0.306. The first-order valence-electron chi connectivity index (χ1n) is 4.41. The molecule has 0 spiro atoms. The van der Waals surface area contributed by atoms with Crippen LogP contribution in [-0.2, 0) is 0 Å². The molecule has 0 radical (unpaired) electrons. The van der Waals surface area contributed by atoms with Gasteiger partial charge in [0.05, 0.1) is 6.04 Å². The maximum absolute atomic E-state index is 5.40. The first-order valence-corrected chi connectivity index (χ1v) is 4.41. The van der Waals surface area contributed by atoms with E-state index in [1.807, 2.05) is 7.05 Å². The Morgan fingerprint density at radius 2 is 2.27 bits per heavy atom. The summed E-state index contributed by atoms with van der Waals surface area (Å²) in [5, 5.41) is 3.18. The molecule has 1 aliphatic carbocycles. The molecule has 1 fully saturated rings. The van der Waals surface area contributed by atoms with Crippen molar-refractivity contribution in [1.29, 1.82) is 0 Å². The monoisotopic (exact) mass is 151 g/mol. The molecule has 0 aromatic carbocycles. The van der Waals surface area contributed by atoms with Gasteiger partial charge >= 0.3 is 0 Å². The molecule has 0 bridgehead atoms. The zero-order valence-electron chi connectivity index (χ0n) is 7.43. The van der Waals surface area contributed by atoms with E-state index in [-0.39, 0.29) is 0 Å². The largest absolute Gasteiger partial charge is 0.307 e. The first kappa shape index (κ1) is 8.62. The summed E-state index contributed by atoms with van der Waals surface area (Å²) in [6.07, 6.45) is 9.35. The summed E-state index contributed by atoms with van der Waals surface area (Å²) < 4.78 is 0. The SMILES string of the molecule is C#CC(NC)C1CCC(C)C1. The zero-order valence-corrected chi connectivity index (χ0v) is 7.43. The molecule has 0 saturated heterocycles. The van der Waals surface area contributed by atoms with Crippen LogP contribution in [0, 0.1) is 24.2 Å². The van der Waals surface area contributed by atoms with Gasteiger partial charge in [0, 0.05) is 0 Å². The Balaban J connectivity index is 2.42. The lowest BCUT2D eigenvalue weighted by molar-refractivity contribution is 0.434. The van der Waals surface area contributed by atoms with Gasteiger partial charge in [0.15, 0.2) is 0 Å². The molecular weight excluding hydrogens is 134 g/mol. The van der Waals surface area contributed by atoms with Crippen LogP contribution < -0.4 is 5.32 Å². The van der Waals surface area contributed by atoms with Crippen molar-refractivity contribution in [2.24, 2.45) is 11.8 Å². The molecule has 3 atom stereocenters. The lowest BCUT2D eigenvalue weighted by Gasteiger charge is -2.16. The Kier molecular flexibility index (Phi) is 2.96. The van der Waals surface area contributed by atoms with Crippen LogP contribution in [0.4, 0.5) is 0 Å². The summed E-state index contributed by atoms with van der Waals surface area (Å²) in [4.78, 5) is 0. The maximum atomic E-state index is 5.40. The van der Waals surface area contributed by atoms with E-state index in [1.165, 1.54) is 19.3 Å². The fourth-order valence-corrected chi connectivity index (χ4v) is 2.01. The van der Waals surface area contributed by atoms with Crippen molar-refractivity contribution in [2.45, 2.75) is 32.2 Å². The predicted molar refractivity (Wildman–Crippen MR) is 48.2 cm³/mol. The molecule has 11 heavy (non-hydrogen) atoms. The highest BCUT2D eigenvalue weighted by Crippen LogP contribution is 2.32. The molecule has 0 aromatic heterocycles. The summed E-state index contributed by atoms with van der Waals surface area (Å²) in [7, 11) is 1.95. The fourth-order valence-electron chi connectivity index (χ4n) is 2.01. The van der Waals surface area contributed by atoms with Crippen LogP contribution in [-0.4, -0.2) is 13.1 Å². The number of terminal acetylenes is 1. The van der Waals surface area contributed by atoms with Gasteiger partial charge in [0.2, 0.25) is 0 Å². The van der Waals surface area contributed by atoms with E-state index in [0.29, 0.717) is 6.04 Å². The van der Waals surface area contributed by atoms with Gasteiger partial charge < -0.3 is 5.32 Å². The van der Waals surface area contributed by atoms with Gasteiger partial charge in [-0.1, -0.05) is 19.3 Å². The number of hydrogen-bond acceptors (Lipinski definition) is 1. The van der Waals surface area contributed by atoms with Gasteiger partial charge in [0.1, 0.15) is 0 Å². The Morgan fingerprint density at radius 1 is 1.55 bits per heavy atom. The third-order valence-corrected chi connectivity index (χ3v) is 2.70. The van der Waals surface area contributed by atoms with Gasteiger partial charge in [-0.2, -0.15) is 0 Å². The second-order valence-corrected chi connectivity index (χ2v) is 3.61. The second-order valence-electron chi connectivity index (χ2n) is 3.61. The van der Waals surface area contributed by atoms with Crippen LogP contribution in [0.2, 0.25) is 0 Å². The Bertz CT molecular complexity index is 157. The van der Waals surface area contributed by atoms with E-state index >= 15 is 0 Å². The van der Waals surface area contributed by atoms with Gasteiger partial charge in [-0.3, -0.25) is 0 Å². The van der Waals surface area contributed by atoms with Crippen molar-refractivity contribution in [3.63, 3.8) is 0 Å². The van der Waals surface area contributed by atoms with E-state index in [1.54, 1.807) is 0 Å². The van der Waals surface area contributed by atoms with E-state index in [9.17, 15) is 0 Å². The molecule has 0 heterocycles. The van der Waals surface area contributed by atoms with E-state index in [4.69, 9.17) is 6.42 Å². The normalized spacial score (nSPS) is 33.2. The molecular formula is C10H17N. The smallest absolute Gasteiger partial charge is 0.0713 e. The summed E-state index contributed by atoms with van der Waals surface area (Å²) in [6.45, 7) is 2.31. The summed E-state index contributed by atoms with van der Waals surface area (Å²) in [6, 6.07) is 0.306. The molecule has 62 valence electrons. The third kappa shape index (κ3) is 1.97. The van der Waals surface area contributed by atoms with E-state index < -0.39 is 0 Å². The highest BCUT2D eigenvalue weighted by atomic mass is 14.9. The average Bonchev–Trinajstić information content (AvgIpc) is 2.39. The lowest BCUT2D eigenvalue weighted by atomic mass is 9.98. The third-order valence-electron chi connectivity index (χ3n) is 2.70. The first-order chi connectivity index (χ1) is 5.27. The van der Waals surface area contributed by atoms with Gasteiger partial charge in [0.25, 0.3) is 0 Å². The lowest BCUT2D eigenvalue weighted by Crippen LogP contribution is -2.30. The minimum absolute atomic E-state index is 0.306. The van der Waals surface area contributed by atoms with Crippen molar-refractivity contribution in [1.82, 2.24) is 5.32 Å². The molecule has 0 amide bonds. The van der Waals surface area contributed by atoms with Crippen molar-refractivity contribution >= 4 is 0 Å². The quantitative estimate of drug-likeness (QED) is 0.592. The van der Waals surface area contributed by atoms with Gasteiger partial charge in [-0.15, -0.1) is 6.42 Å². The van der Waals surface area contributed by atoms with Crippen LogP contribution in [0.1, 0.15) is 26.2 Å². The molecule has 1 N–H and O–H groups in total. The fraction of sp³-hybridized carbons (Fsp3) is 0.800. The standard InChI is InChI=1S/C10H17N/c1-4-10(11-3)9-6-5-8(2)7-9/h1,8-11H,5-7H2,2-3H3. The maximum Gasteiger partial charge on any atom is 0.0713 e. The molecule has 1 nitrogen and oxygen atoms in total. The topological polar surface area (TPSA) is 12.0 Å². The molecule has 0 aromatic rings. The van der Waals surface area contributed by atoms with Crippen LogP contribution in [0.15, 0.2) is 0 Å². The Labute approximate surface area is 69.6 Å². The Hall–Kier alpha value is -0.480. The molecule has 3 unspecified atom stereocenters. The van der Waals surface area contributed by atoms with E-state index in [0.717, 1.165) is 11.8 Å². The summed E-state index contributed by atoms with van der Waals surface area (Å²) >= 11 is 0. The van der Waals surface area contributed by atoms with Crippen LogP contribution in [0.5, 0.6) is 0 Å². The second kappa shape index (κ2) is 3.78. The van der Waals surface area contributed by atoms with Crippen molar-refractivity contribution in [3.05, 3.63) is 0 Å². The van der Waals surface area contributed by atoms with Crippen molar-refractivity contribution in [3.8, 4) is 12.3 Å². The predicted octanol–water partition coefficient (Wildman–Crippen LogP) is 1.64. The molecule has 1 heteroatoms. The Morgan fingerprint density at radius 3 is 2.64 bits per heavy atom. The summed E-state index contributed by atoms with van der Waals surface area (Å²) in [5.41, 5.74) is 0. The number of nitrogens with one attached hydrogen (secondary N) is 1. The van der Waals surface area contributed by atoms with Crippen LogP contribution in [0.3, 0.4) is 0 Å². The number of hydrogen-bond donors (Lipinski definition) is 1. The zero-order chi connectivity index (χ0) is 8.27. The van der Waals surface area contributed by atoms with E-state index in [2.05, 4.69) is 18.2 Å². The van der Waals surface area contributed by atoms with Crippen LogP contribution >= 0.6 is 0 Å².